The molecule has 3 aliphatic heterocycles. The van der Waals surface area contributed by atoms with Gasteiger partial charge in [0.25, 0.3) is 0 Å². The van der Waals surface area contributed by atoms with Crippen molar-refractivity contribution in [2.75, 3.05) is 19.7 Å². The minimum Gasteiger partial charge on any atom is -0.460 e. The van der Waals surface area contributed by atoms with Gasteiger partial charge in [0.1, 0.15) is 24.2 Å². The number of hydrogen-bond donors (Lipinski definition) is 3. The monoisotopic (exact) mass is 369 g/mol. The van der Waals surface area contributed by atoms with Crippen molar-refractivity contribution in [2.45, 2.75) is 63.1 Å². The number of ether oxygens (including phenoxy) is 2. The zero-order valence-corrected chi connectivity index (χ0v) is 15.6. The molecular weight excluding hydrogens is 342 g/mol. The molecule has 0 aromatic rings. The van der Waals surface area contributed by atoms with Gasteiger partial charge in [-0.3, -0.25) is 9.69 Å². The van der Waals surface area contributed by atoms with E-state index in [0.29, 0.717) is 13.0 Å². The first-order chi connectivity index (χ1) is 11.9. The molecule has 0 aromatic heterocycles. The summed E-state index contributed by atoms with van der Waals surface area (Å²) in [5.41, 5.74) is -5.67. The van der Waals surface area contributed by atoms with Crippen LogP contribution in [0.2, 0.25) is 0 Å². The molecule has 0 saturated carbocycles. The van der Waals surface area contributed by atoms with E-state index < -0.39 is 40.8 Å². The zero-order chi connectivity index (χ0) is 19.5. The highest BCUT2D eigenvalue weighted by molar-refractivity contribution is 5.84. The van der Waals surface area contributed by atoms with Crippen LogP contribution in [-0.2, 0) is 19.1 Å². The van der Waals surface area contributed by atoms with Gasteiger partial charge in [-0.2, -0.15) is 0 Å². The summed E-state index contributed by atoms with van der Waals surface area (Å²) in [5, 5.41) is 32.2. The minimum atomic E-state index is -2.42. The Balaban J connectivity index is 2.06. The van der Waals surface area contributed by atoms with Crippen LogP contribution in [0.5, 0.6) is 0 Å². The molecule has 26 heavy (non-hydrogen) atoms. The standard InChI is InChI=1S/C18H27NO7/c1-16(2,22)13-14(20)26-11-6-8-19-7-5-10(12(11)19)9-25-15(21)18(4,24)17(13,3)23/h5,11-13,22-24H,6-9H2,1-4H3/t11-,12+,13+,17+,18+/m1/s1. The van der Waals surface area contributed by atoms with Gasteiger partial charge < -0.3 is 24.8 Å². The summed E-state index contributed by atoms with van der Waals surface area (Å²) in [6.45, 7) is 6.24. The van der Waals surface area contributed by atoms with E-state index >= 15 is 0 Å². The van der Waals surface area contributed by atoms with E-state index in [-0.39, 0.29) is 12.6 Å². The number of aliphatic hydroxyl groups is 3. The summed E-state index contributed by atoms with van der Waals surface area (Å²) in [5.74, 6) is -3.46. The van der Waals surface area contributed by atoms with Crippen molar-refractivity contribution in [3.63, 3.8) is 0 Å². The Labute approximate surface area is 152 Å². The molecule has 0 spiro atoms. The van der Waals surface area contributed by atoms with E-state index in [0.717, 1.165) is 26.0 Å². The first-order valence-electron chi connectivity index (χ1n) is 8.85. The van der Waals surface area contributed by atoms with Gasteiger partial charge in [-0.05, 0) is 39.7 Å². The highest BCUT2D eigenvalue weighted by Crippen LogP contribution is 2.40. The third kappa shape index (κ3) is 2.85. The lowest BCUT2D eigenvalue weighted by molar-refractivity contribution is -0.223. The quantitative estimate of drug-likeness (QED) is 0.413. The van der Waals surface area contributed by atoms with Gasteiger partial charge in [0.2, 0.25) is 0 Å². The maximum atomic E-state index is 12.9. The number of nitrogens with zero attached hydrogens (tertiary/aromatic N) is 1. The average molecular weight is 369 g/mol. The van der Waals surface area contributed by atoms with Crippen molar-refractivity contribution in [3.05, 3.63) is 11.6 Å². The van der Waals surface area contributed by atoms with Gasteiger partial charge in [0, 0.05) is 13.1 Å². The fourth-order valence-corrected chi connectivity index (χ4v) is 4.33. The van der Waals surface area contributed by atoms with E-state index in [2.05, 4.69) is 4.90 Å². The number of rotatable bonds is 1. The summed E-state index contributed by atoms with van der Waals surface area (Å²) in [7, 11) is 0. The molecule has 3 heterocycles. The Morgan fingerprint density at radius 2 is 1.92 bits per heavy atom. The van der Waals surface area contributed by atoms with E-state index in [9.17, 15) is 24.9 Å². The summed E-state index contributed by atoms with van der Waals surface area (Å²) in [4.78, 5) is 27.6. The molecule has 0 amide bonds. The molecule has 0 radical (unpaired) electrons. The van der Waals surface area contributed by atoms with Crippen LogP contribution in [0.15, 0.2) is 11.6 Å². The lowest BCUT2D eigenvalue weighted by atomic mass is 9.69. The molecule has 146 valence electrons. The van der Waals surface area contributed by atoms with Gasteiger partial charge >= 0.3 is 11.9 Å². The number of cyclic esters (lactones) is 1. The Hall–Kier alpha value is -1.48. The molecule has 0 aliphatic carbocycles. The summed E-state index contributed by atoms with van der Waals surface area (Å²) < 4.78 is 10.9. The van der Waals surface area contributed by atoms with Gasteiger partial charge in [0.05, 0.1) is 11.6 Å². The zero-order valence-electron chi connectivity index (χ0n) is 15.6. The first kappa shape index (κ1) is 19.3. The van der Waals surface area contributed by atoms with Crippen LogP contribution < -0.4 is 0 Å². The predicted molar refractivity (Wildman–Crippen MR) is 89.9 cm³/mol. The molecule has 0 aromatic carbocycles. The molecular formula is C18H27NO7. The molecule has 3 rings (SSSR count). The van der Waals surface area contributed by atoms with Crippen molar-refractivity contribution in [1.82, 2.24) is 4.90 Å². The van der Waals surface area contributed by atoms with Crippen molar-refractivity contribution in [2.24, 2.45) is 5.92 Å². The maximum absolute atomic E-state index is 12.9. The van der Waals surface area contributed by atoms with E-state index in [1.54, 1.807) is 0 Å². The topological polar surface area (TPSA) is 117 Å². The number of carbonyl (C=O) groups excluding carboxylic acids is 2. The second-order valence-electron chi connectivity index (χ2n) is 8.37. The van der Waals surface area contributed by atoms with Crippen molar-refractivity contribution < 1.29 is 34.4 Å². The average Bonchev–Trinajstić information content (AvgIpc) is 3.05. The van der Waals surface area contributed by atoms with Crippen LogP contribution in [-0.4, -0.2) is 80.8 Å². The van der Waals surface area contributed by atoms with Crippen molar-refractivity contribution in [1.29, 1.82) is 0 Å². The third-order valence-corrected chi connectivity index (χ3v) is 5.94. The molecule has 3 aliphatic rings. The second kappa shape index (κ2) is 6.02. The van der Waals surface area contributed by atoms with Crippen LogP contribution in [0.1, 0.15) is 34.1 Å². The number of hydrogen-bond acceptors (Lipinski definition) is 8. The minimum absolute atomic E-state index is 0.0481. The molecule has 2 fully saturated rings. The number of esters is 2. The van der Waals surface area contributed by atoms with E-state index in [4.69, 9.17) is 9.47 Å². The molecule has 2 saturated heterocycles. The van der Waals surface area contributed by atoms with E-state index in [1.807, 2.05) is 6.08 Å². The molecule has 0 unspecified atom stereocenters. The summed E-state index contributed by atoms with van der Waals surface area (Å²) >= 11 is 0. The summed E-state index contributed by atoms with van der Waals surface area (Å²) in [6.07, 6.45) is 2.08. The Bertz CT molecular complexity index is 646. The largest absolute Gasteiger partial charge is 0.460 e. The SMILES string of the molecule is CC(C)(O)[C@@H]1C(=O)O[C@@H]2CCN3CC=C(COC(=O)[C@](C)(O)[C@@]1(C)O)[C@@H]23. The Kier molecular flexibility index (Phi) is 4.46. The van der Waals surface area contributed by atoms with Crippen LogP contribution in [0, 0.1) is 5.92 Å². The molecule has 5 atom stereocenters. The molecule has 3 N–H and O–H groups in total. The molecule has 8 nitrogen and oxygen atoms in total. The van der Waals surface area contributed by atoms with Gasteiger partial charge in [-0.1, -0.05) is 6.08 Å². The van der Waals surface area contributed by atoms with Crippen LogP contribution in [0.4, 0.5) is 0 Å². The lowest BCUT2D eigenvalue weighted by Crippen LogP contribution is -2.66. The van der Waals surface area contributed by atoms with Crippen LogP contribution in [0.3, 0.4) is 0 Å². The fraction of sp³-hybridized carbons (Fsp3) is 0.778. The highest BCUT2D eigenvalue weighted by atomic mass is 16.6. The Morgan fingerprint density at radius 1 is 1.27 bits per heavy atom. The van der Waals surface area contributed by atoms with E-state index in [1.165, 1.54) is 13.8 Å². The van der Waals surface area contributed by atoms with Gasteiger partial charge in [0.15, 0.2) is 5.60 Å². The van der Waals surface area contributed by atoms with Crippen LogP contribution in [0.25, 0.3) is 0 Å². The molecule has 8 heteroatoms. The maximum Gasteiger partial charge on any atom is 0.341 e. The smallest absolute Gasteiger partial charge is 0.341 e. The summed E-state index contributed by atoms with van der Waals surface area (Å²) in [6, 6.07) is -0.192. The lowest BCUT2D eigenvalue weighted by Gasteiger charge is -2.45. The normalized spacial score (nSPS) is 41.8. The third-order valence-electron chi connectivity index (χ3n) is 5.94. The number of carbonyl (C=O) groups is 2. The highest BCUT2D eigenvalue weighted by Gasteiger charge is 2.61. The predicted octanol–water partition coefficient (Wildman–Crippen LogP) is -0.642. The van der Waals surface area contributed by atoms with Crippen molar-refractivity contribution in [3.8, 4) is 0 Å². The van der Waals surface area contributed by atoms with Gasteiger partial charge in [-0.15, -0.1) is 0 Å². The van der Waals surface area contributed by atoms with Crippen LogP contribution >= 0.6 is 0 Å². The Morgan fingerprint density at radius 3 is 2.54 bits per heavy atom. The fourth-order valence-electron chi connectivity index (χ4n) is 4.33. The van der Waals surface area contributed by atoms with Gasteiger partial charge in [-0.25, -0.2) is 4.79 Å². The first-order valence-corrected chi connectivity index (χ1v) is 8.85. The second-order valence-corrected chi connectivity index (χ2v) is 8.37. The molecule has 0 bridgehead atoms. The van der Waals surface area contributed by atoms with Crippen molar-refractivity contribution >= 4 is 11.9 Å².